The van der Waals surface area contributed by atoms with Crippen LogP contribution in [-0.2, 0) is 14.4 Å². The average Bonchev–Trinajstić information content (AvgIpc) is 3.34. The van der Waals surface area contributed by atoms with Crippen molar-refractivity contribution >= 4 is 17.7 Å². The second-order valence-corrected chi connectivity index (χ2v) is 9.40. The molecule has 174 valence electrons. The number of carbonyl (C=O) groups excluding carboxylic acids is 3. The van der Waals surface area contributed by atoms with Crippen molar-refractivity contribution in [1.29, 1.82) is 0 Å². The molecule has 3 N–H and O–H groups in total. The van der Waals surface area contributed by atoms with Gasteiger partial charge in [0.05, 0.1) is 12.0 Å². The van der Waals surface area contributed by atoms with Gasteiger partial charge >= 0.3 is 0 Å². The molecule has 0 spiro atoms. The number of likely N-dealkylation sites (tertiary alicyclic amines) is 2. The Balaban J connectivity index is 1.37. The normalized spacial score (nSPS) is 28.4. The van der Waals surface area contributed by atoms with Crippen molar-refractivity contribution < 1.29 is 19.6 Å². The van der Waals surface area contributed by atoms with Crippen LogP contribution in [0.15, 0.2) is 30.3 Å². The molecule has 0 bridgehead atoms. The predicted octanol–water partition coefficient (Wildman–Crippen LogP) is 1.50. The summed E-state index contributed by atoms with van der Waals surface area (Å²) in [5, 5.41) is 12.5. The van der Waals surface area contributed by atoms with Crippen LogP contribution in [0.5, 0.6) is 0 Å². The Bertz CT molecular complexity index is 811. The fraction of sp³-hybridized carbons (Fsp3) is 0.625. The third-order valence-corrected chi connectivity index (χ3v) is 7.27. The minimum atomic E-state index is -0.698. The fourth-order valence-electron chi connectivity index (χ4n) is 5.44. The Labute approximate surface area is 189 Å². The molecule has 3 amide bonds. The zero-order valence-corrected chi connectivity index (χ0v) is 18.5. The highest BCUT2D eigenvalue weighted by Crippen LogP contribution is 2.31. The van der Waals surface area contributed by atoms with Crippen LogP contribution >= 0.6 is 0 Å². The Morgan fingerprint density at radius 3 is 2.50 bits per heavy atom. The number of carbonyl (C=O) groups is 3. The lowest BCUT2D eigenvalue weighted by molar-refractivity contribution is -0.144. The van der Waals surface area contributed by atoms with E-state index in [1.54, 1.807) is 5.48 Å². The van der Waals surface area contributed by atoms with Gasteiger partial charge in [-0.2, -0.15) is 0 Å². The summed E-state index contributed by atoms with van der Waals surface area (Å²) in [4.78, 5) is 42.2. The minimum Gasteiger partial charge on any atom is -0.343 e. The first kappa shape index (κ1) is 22.7. The van der Waals surface area contributed by atoms with Crippen molar-refractivity contribution in [3.05, 3.63) is 35.9 Å². The quantitative estimate of drug-likeness (QED) is 0.474. The summed E-state index contributed by atoms with van der Waals surface area (Å²) in [5.74, 6) is -0.983. The van der Waals surface area contributed by atoms with E-state index in [-0.39, 0.29) is 17.7 Å². The molecule has 1 aromatic rings. The van der Waals surface area contributed by atoms with Crippen LogP contribution in [0.2, 0.25) is 0 Å². The van der Waals surface area contributed by atoms with Crippen molar-refractivity contribution in [2.45, 2.75) is 50.5 Å². The summed E-state index contributed by atoms with van der Waals surface area (Å²) in [5.41, 5.74) is 2.96. The molecule has 0 saturated carbocycles. The fourth-order valence-corrected chi connectivity index (χ4v) is 5.44. The first-order valence-corrected chi connectivity index (χ1v) is 11.9. The predicted molar refractivity (Wildman–Crippen MR) is 119 cm³/mol. The topological polar surface area (TPSA) is 102 Å². The van der Waals surface area contributed by atoms with Crippen LogP contribution < -0.4 is 10.8 Å². The van der Waals surface area contributed by atoms with Crippen molar-refractivity contribution in [1.82, 2.24) is 20.6 Å². The summed E-state index contributed by atoms with van der Waals surface area (Å²) in [6, 6.07) is 9.49. The van der Waals surface area contributed by atoms with E-state index in [0.717, 1.165) is 32.4 Å². The average molecular weight is 443 g/mol. The first-order chi connectivity index (χ1) is 15.6. The number of benzene rings is 1. The Hall–Kier alpha value is -2.45. The highest BCUT2D eigenvalue weighted by molar-refractivity contribution is 5.90. The van der Waals surface area contributed by atoms with Gasteiger partial charge in [-0.25, -0.2) is 5.48 Å². The monoisotopic (exact) mass is 442 g/mol. The Morgan fingerprint density at radius 1 is 1.03 bits per heavy atom. The molecule has 4 atom stereocenters. The third kappa shape index (κ3) is 5.13. The van der Waals surface area contributed by atoms with Gasteiger partial charge in [0.1, 0.15) is 0 Å². The lowest BCUT2D eigenvalue weighted by Crippen LogP contribution is -2.58. The second-order valence-electron chi connectivity index (χ2n) is 9.40. The van der Waals surface area contributed by atoms with Crippen molar-refractivity contribution in [3.63, 3.8) is 0 Å². The maximum atomic E-state index is 13.3. The number of hydrogen-bond donors (Lipinski definition) is 3. The van der Waals surface area contributed by atoms with E-state index in [0.29, 0.717) is 38.4 Å². The van der Waals surface area contributed by atoms with Gasteiger partial charge in [0.25, 0.3) is 0 Å². The number of amides is 3. The molecule has 3 aliphatic heterocycles. The Morgan fingerprint density at radius 2 is 1.78 bits per heavy atom. The molecule has 32 heavy (non-hydrogen) atoms. The van der Waals surface area contributed by atoms with Crippen molar-refractivity contribution in [2.24, 2.45) is 11.8 Å². The van der Waals surface area contributed by atoms with Crippen LogP contribution in [0.1, 0.15) is 50.0 Å². The largest absolute Gasteiger partial charge is 0.343 e. The molecular formula is C24H34N4O4. The molecular weight excluding hydrogens is 408 g/mol. The van der Waals surface area contributed by atoms with Crippen LogP contribution in [0.3, 0.4) is 0 Å². The van der Waals surface area contributed by atoms with E-state index in [9.17, 15) is 19.6 Å². The molecule has 3 heterocycles. The SMILES string of the molecule is O=C(NO)[C@H]1CC(CC(=O)N2CCCCC2)CN[C@@H]1C(=O)N1CC[C@H](c2ccccc2)C1. The summed E-state index contributed by atoms with van der Waals surface area (Å²) in [6.07, 6.45) is 4.92. The van der Waals surface area contributed by atoms with Crippen molar-refractivity contribution in [3.8, 4) is 0 Å². The highest BCUT2D eigenvalue weighted by atomic mass is 16.5. The van der Waals surface area contributed by atoms with E-state index >= 15 is 0 Å². The highest BCUT2D eigenvalue weighted by Gasteiger charge is 2.42. The summed E-state index contributed by atoms with van der Waals surface area (Å²) < 4.78 is 0. The van der Waals surface area contributed by atoms with Gasteiger partial charge in [-0.3, -0.25) is 19.6 Å². The van der Waals surface area contributed by atoms with Gasteiger partial charge < -0.3 is 15.1 Å². The van der Waals surface area contributed by atoms with E-state index in [4.69, 9.17) is 0 Å². The summed E-state index contributed by atoms with van der Waals surface area (Å²) in [6.45, 7) is 3.41. The zero-order chi connectivity index (χ0) is 22.5. The molecule has 3 fully saturated rings. The van der Waals surface area contributed by atoms with Gasteiger partial charge in [-0.15, -0.1) is 0 Å². The van der Waals surface area contributed by atoms with Crippen molar-refractivity contribution in [2.75, 3.05) is 32.7 Å². The van der Waals surface area contributed by atoms with Gasteiger partial charge in [-0.05, 0) is 50.1 Å². The van der Waals surface area contributed by atoms with Crippen LogP contribution in [0.4, 0.5) is 0 Å². The standard InChI is InChI=1S/C24H34N4O4/c29-21(27-10-5-2-6-11-27)14-17-13-20(23(30)26-32)22(25-15-17)24(31)28-12-9-19(16-28)18-7-3-1-4-8-18/h1,3-4,7-8,17,19-20,22,25,32H,2,5-6,9-16H2,(H,26,30)/t17?,19-,20-,22-/m0/s1. The molecule has 0 aliphatic carbocycles. The molecule has 0 aromatic heterocycles. The maximum absolute atomic E-state index is 13.3. The lowest BCUT2D eigenvalue weighted by atomic mass is 9.81. The molecule has 3 aliphatic rings. The van der Waals surface area contributed by atoms with Gasteiger partial charge in [-0.1, -0.05) is 30.3 Å². The minimum absolute atomic E-state index is 0.0357. The number of hydroxylamine groups is 1. The summed E-state index contributed by atoms with van der Waals surface area (Å²) >= 11 is 0. The number of nitrogens with zero attached hydrogens (tertiary/aromatic N) is 2. The number of hydrogen-bond acceptors (Lipinski definition) is 5. The molecule has 1 unspecified atom stereocenters. The van der Waals surface area contributed by atoms with Gasteiger partial charge in [0, 0.05) is 38.5 Å². The number of rotatable bonds is 5. The van der Waals surface area contributed by atoms with E-state index in [1.807, 2.05) is 28.0 Å². The van der Waals surface area contributed by atoms with E-state index < -0.39 is 17.9 Å². The molecule has 8 nitrogen and oxygen atoms in total. The lowest BCUT2D eigenvalue weighted by Gasteiger charge is -2.37. The van der Waals surface area contributed by atoms with Crippen LogP contribution in [0.25, 0.3) is 0 Å². The maximum Gasteiger partial charge on any atom is 0.248 e. The molecule has 0 radical (unpaired) electrons. The smallest absolute Gasteiger partial charge is 0.248 e. The van der Waals surface area contributed by atoms with Gasteiger partial charge in [0.15, 0.2) is 0 Å². The molecule has 4 rings (SSSR count). The van der Waals surface area contributed by atoms with E-state index in [1.165, 1.54) is 12.0 Å². The molecule has 1 aromatic carbocycles. The summed E-state index contributed by atoms with van der Waals surface area (Å²) in [7, 11) is 0. The zero-order valence-electron chi connectivity index (χ0n) is 18.5. The first-order valence-electron chi connectivity index (χ1n) is 11.9. The molecule has 3 saturated heterocycles. The Kier molecular flexibility index (Phi) is 7.42. The molecule has 8 heteroatoms. The second kappa shape index (κ2) is 10.4. The third-order valence-electron chi connectivity index (χ3n) is 7.27. The number of nitrogens with one attached hydrogen (secondary N) is 2. The van der Waals surface area contributed by atoms with Gasteiger partial charge in [0.2, 0.25) is 17.7 Å². The van der Waals surface area contributed by atoms with Crippen LogP contribution in [-0.4, -0.2) is 71.5 Å². The van der Waals surface area contributed by atoms with E-state index in [2.05, 4.69) is 17.4 Å². The number of piperidine rings is 2. The van der Waals surface area contributed by atoms with Crippen LogP contribution in [0, 0.1) is 11.8 Å².